The molecule has 3 aromatic carbocycles. The fourth-order valence-electron chi connectivity index (χ4n) is 4.11. The maximum atomic E-state index is 12.8. The maximum Gasteiger partial charge on any atom is 0.333 e. The minimum absolute atomic E-state index is 0.0893. The van der Waals surface area contributed by atoms with E-state index in [0.29, 0.717) is 22.6 Å². The summed E-state index contributed by atoms with van der Waals surface area (Å²) in [6, 6.07) is 20.5. The number of thioether (sulfide) groups is 1. The van der Waals surface area contributed by atoms with E-state index in [1.165, 1.54) is 12.2 Å². The van der Waals surface area contributed by atoms with Crippen molar-refractivity contribution < 1.29 is 33.4 Å². The summed E-state index contributed by atoms with van der Waals surface area (Å²) in [7, 11) is 0. The number of hydrogen-bond acceptors (Lipinski definition) is 8. The van der Waals surface area contributed by atoms with Gasteiger partial charge in [-0.25, -0.2) is 4.79 Å². The number of hydrogen-bond donors (Lipinski definition) is 0. The molecule has 1 aliphatic heterocycles. The zero-order chi connectivity index (χ0) is 30.1. The van der Waals surface area contributed by atoms with Crippen LogP contribution >= 0.6 is 11.8 Å². The minimum Gasteiger partial charge on any atom is -0.492 e. The molecule has 216 valence electrons. The second-order valence-electron chi connectivity index (χ2n) is 9.39. The number of amides is 2. The number of rotatable bonds is 13. The van der Waals surface area contributed by atoms with Crippen LogP contribution in [0.15, 0.2) is 95.9 Å². The van der Waals surface area contributed by atoms with Crippen LogP contribution in [-0.4, -0.2) is 54.2 Å². The van der Waals surface area contributed by atoms with Gasteiger partial charge < -0.3 is 14.2 Å². The number of nitrogens with zero attached hydrogens (tertiary/aromatic N) is 1. The van der Waals surface area contributed by atoms with Gasteiger partial charge in [-0.15, -0.1) is 0 Å². The molecular formula is C33H31NO7S. The largest absolute Gasteiger partial charge is 0.492 e. The lowest BCUT2D eigenvalue weighted by molar-refractivity contribution is -0.140. The predicted octanol–water partition coefficient (Wildman–Crippen LogP) is 5.65. The molecule has 0 N–H and O–H groups in total. The molecule has 0 radical (unpaired) electrons. The van der Waals surface area contributed by atoms with Crippen molar-refractivity contribution in [3.05, 3.63) is 102 Å². The molecule has 42 heavy (non-hydrogen) atoms. The Morgan fingerprint density at radius 2 is 1.48 bits per heavy atom. The molecule has 0 saturated carbocycles. The highest BCUT2D eigenvalue weighted by atomic mass is 32.2. The van der Waals surface area contributed by atoms with E-state index in [1.54, 1.807) is 31.2 Å². The van der Waals surface area contributed by atoms with Gasteiger partial charge >= 0.3 is 5.97 Å². The molecule has 4 rings (SSSR count). The first-order chi connectivity index (χ1) is 20.2. The van der Waals surface area contributed by atoms with E-state index in [-0.39, 0.29) is 43.3 Å². The highest BCUT2D eigenvalue weighted by Gasteiger charge is 2.22. The Kier molecular flexibility index (Phi) is 10.3. The Morgan fingerprint density at radius 3 is 2.12 bits per heavy atom. The van der Waals surface area contributed by atoms with Crippen molar-refractivity contribution >= 4 is 34.7 Å². The van der Waals surface area contributed by atoms with Crippen molar-refractivity contribution in [3.63, 3.8) is 0 Å². The van der Waals surface area contributed by atoms with Crippen LogP contribution in [0.2, 0.25) is 0 Å². The molecule has 1 aliphatic rings. The van der Waals surface area contributed by atoms with Gasteiger partial charge in [0.05, 0.1) is 6.54 Å². The second-order valence-corrected chi connectivity index (χ2v) is 10.4. The van der Waals surface area contributed by atoms with Crippen LogP contribution in [0.25, 0.3) is 11.1 Å². The predicted molar refractivity (Wildman–Crippen MR) is 161 cm³/mol. The highest BCUT2D eigenvalue weighted by molar-refractivity contribution is 8.14. The third-order valence-corrected chi connectivity index (χ3v) is 7.27. The number of aryl methyl sites for hydroxylation is 1. The summed E-state index contributed by atoms with van der Waals surface area (Å²) in [5.74, 6) is 0.140. The van der Waals surface area contributed by atoms with Crippen molar-refractivity contribution in [2.24, 2.45) is 0 Å². The van der Waals surface area contributed by atoms with Crippen LogP contribution in [-0.2, 0) is 25.5 Å². The van der Waals surface area contributed by atoms with E-state index >= 15 is 0 Å². The molecule has 0 spiro atoms. The Labute approximate surface area is 249 Å². The van der Waals surface area contributed by atoms with Crippen molar-refractivity contribution in [2.45, 2.75) is 25.2 Å². The fraction of sp³-hybridized carbons (Fsp3) is 0.212. The Balaban J connectivity index is 1.29. The van der Waals surface area contributed by atoms with Gasteiger partial charge in [-0.2, -0.15) is 0 Å². The molecule has 0 saturated heterocycles. The highest BCUT2D eigenvalue weighted by Crippen LogP contribution is 2.31. The first-order valence-electron chi connectivity index (χ1n) is 13.4. The lowest BCUT2D eigenvalue weighted by atomic mass is 9.98. The first kappa shape index (κ1) is 30.3. The smallest absolute Gasteiger partial charge is 0.333 e. The van der Waals surface area contributed by atoms with Crippen LogP contribution in [0, 0.1) is 0 Å². The van der Waals surface area contributed by atoms with E-state index < -0.39 is 5.97 Å². The van der Waals surface area contributed by atoms with Crippen LogP contribution in [0.5, 0.6) is 11.5 Å². The molecule has 0 atom stereocenters. The molecule has 9 heteroatoms. The van der Waals surface area contributed by atoms with Crippen molar-refractivity contribution in [3.8, 4) is 22.6 Å². The van der Waals surface area contributed by atoms with Crippen molar-refractivity contribution in [1.82, 2.24) is 4.90 Å². The summed E-state index contributed by atoms with van der Waals surface area (Å²) < 4.78 is 16.4. The van der Waals surface area contributed by atoms with Gasteiger partial charge in [0, 0.05) is 28.2 Å². The SMILES string of the molecule is C=C(C)C(=O)OCCOc1ccc(C(=O)Sc2ccc(-c3ccc(OCCN4C(=O)C=CC4=O)cc3CC)cc2)cc1. The number of carbonyl (C=O) groups excluding carboxylic acids is 4. The lowest BCUT2D eigenvalue weighted by Crippen LogP contribution is -2.33. The molecule has 0 aliphatic carbocycles. The van der Waals surface area contributed by atoms with Crippen LogP contribution < -0.4 is 9.47 Å². The van der Waals surface area contributed by atoms with Gasteiger partial charge in [0.1, 0.15) is 31.3 Å². The third-order valence-electron chi connectivity index (χ3n) is 6.34. The first-order valence-corrected chi connectivity index (χ1v) is 14.2. The number of ether oxygens (including phenoxy) is 3. The molecule has 0 bridgehead atoms. The number of esters is 1. The van der Waals surface area contributed by atoms with E-state index in [9.17, 15) is 19.2 Å². The zero-order valence-electron chi connectivity index (χ0n) is 23.5. The minimum atomic E-state index is -0.458. The van der Waals surface area contributed by atoms with E-state index in [4.69, 9.17) is 14.2 Å². The summed E-state index contributed by atoms with van der Waals surface area (Å²) in [4.78, 5) is 49.6. The quantitative estimate of drug-likeness (QED) is 0.0835. The van der Waals surface area contributed by atoms with Gasteiger partial charge in [-0.3, -0.25) is 19.3 Å². The lowest BCUT2D eigenvalue weighted by Gasteiger charge is -2.16. The number of imide groups is 1. The molecule has 8 nitrogen and oxygen atoms in total. The standard InChI is InChI=1S/C33H31NO7S/c1-4-23-21-27(39-18-17-34-30(35)15-16-31(34)36)11-14-29(23)24-7-12-28(13-8-24)42-33(38)25-5-9-26(10-6-25)40-19-20-41-32(37)22(2)3/h5-16,21H,2,4,17-20H2,1,3H3. The van der Waals surface area contributed by atoms with E-state index in [0.717, 1.165) is 44.7 Å². The topological polar surface area (TPSA) is 99.2 Å². The average Bonchev–Trinajstić information content (AvgIpc) is 3.32. The van der Waals surface area contributed by atoms with Gasteiger partial charge in [-0.05, 0) is 90.3 Å². The summed E-state index contributed by atoms with van der Waals surface area (Å²) in [5, 5.41) is -0.0893. The monoisotopic (exact) mass is 585 g/mol. The molecule has 0 fully saturated rings. The molecule has 0 unspecified atom stereocenters. The van der Waals surface area contributed by atoms with Gasteiger partial charge in [-0.1, -0.05) is 31.7 Å². The summed E-state index contributed by atoms with van der Waals surface area (Å²) >= 11 is 1.14. The van der Waals surface area contributed by atoms with Crippen LogP contribution in [0.4, 0.5) is 0 Å². The summed E-state index contributed by atoms with van der Waals surface area (Å²) in [6.07, 6.45) is 3.31. The second kappa shape index (κ2) is 14.3. The Morgan fingerprint density at radius 1 is 0.833 bits per heavy atom. The van der Waals surface area contributed by atoms with Gasteiger partial charge in [0.2, 0.25) is 5.12 Å². The van der Waals surface area contributed by atoms with E-state index in [2.05, 4.69) is 13.5 Å². The molecule has 1 heterocycles. The molecular weight excluding hydrogens is 554 g/mol. The van der Waals surface area contributed by atoms with Crippen molar-refractivity contribution in [1.29, 1.82) is 0 Å². The average molecular weight is 586 g/mol. The number of carbonyl (C=O) groups is 4. The van der Waals surface area contributed by atoms with Crippen LogP contribution in [0.1, 0.15) is 29.8 Å². The fourth-order valence-corrected chi connectivity index (χ4v) is 4.85. The van der Waals surface area contributed by atoms with E-state index in [1.807, 2.05) is 42.5 Å². The molecule has 0 aromatic heterocycles. The van der Waals surface area contributed by atoms with Gasteiger partial charge in [0.25, 0.3) is 11.8 Å². The summed E-state index contributed by atoms with van der Waals surface area (Å²) in [6.45, 7) is 7.88. The summed E-state index contributed by atoms with van der Waals surface area (Å²) in [5.41, 5.74) is 4.05. The Hall–Kier alpha value is -4.63. The Bertz CT molecular complexity index is 1490. The van der Waals surface area contributed by atoms with Crippen molar-refractivity contribution in [2.75, 3.05) is 26.4 Å². The molecule has 3 aromatic rings. The maximum absolute atomic E-state index is 12.8. The zero-order valence-corrected chi connectivity index (χ0v) is 24.3. The third kappa shape index (κ3) is 7.98. The van der Waals surface area contributed by atoms with Gasteiger partial charge in [0.15, 0.2) is 0 Å². The normalized spacial score (nSPS) is 12.4. The number of benzene rings is 3. The molecule has 2 amide bonds. The van der Waals surface area contributed by atoms with Crippen LogP contribution in [0.3, 0.4) is 0 Å².